The number of nitrogens with one attached hydrogen (secondary N) is 1. The van der Waals surface area contributed by atoms with Crippen LogP contribution < -0.4 is 0 Å². The maximum absolute atomic E-state index is 13.0. The molecule has 1 aromatic heterocycles. The van der Waals surface area contributed by atoms with E-state index in [4.69, 9.17) is 0 Å². The average molecular weight is 399 g/mol. The van der Waals surface area contributed by atoms with Gasteiger partial charge in [0.15, 0.2) is 0 Å². The quantitative estimate of drug-likeness (QED) is 0.729. The van der Waals surface area contributed by atoms with E-state index in [1.807, 2.05) is 40.3 Å². The first kappa shape index (κ1) is 17.8. The number of nitrogens with zero attached hydrogens (tertiary/aromatic N) is 2. The Hall–Kier alpha value is -3.08. The Labute approximate surface area is 175 Å². The number of aromatic nitrogens is 1. The minimum absolute atomic E-state index is 0.107. The molecule has 2 unspecified atom stereocenters. The molecule has 2 aliphatic heterocycles. The normalized spacial score (nSPS) is 23.2. The standard InChI is InChI=1S/C25H25N3O2/c29-24(27-12-21-14-28(15-22(21)13-27)25(30)19-6-7-19)18-4-1-16(2-5-18)20-8-3-17-9-10-26-23(17)11-20/h1-5,8-11,19,21-22,26H,6-7,12-15H2. The molecule has 30 heavy (non-hydrogen) atoms. The summed E-state index contributed by atoms with van der Waals surface area (Å²) in [6, 6.07) is 16.4. The van der Waals surface area contributed by atoms with E-state index in [0.717, 1.165) is 61.2 Å². The second kappa shape index (κ2) is 6.73. The van der Waals surface area contributed by atoms with Crippen LogP contribution in [0.4, 0.5) is 0 Å². The van der Waals surface area contributed by atoms with Gasteiger partial charge in [-0.1, -0.05) is 24.3 Å². The summed E-state index contributed by atoms with van der Waals surface area (Å²) in [5.74, 6) is 1.61. The molecular formula is C25H25N3O2. The van der Waals surface area contributed by atoms with Gasteiger partial charge in [0, 0.05) is 61.2 Å². The van der Waals surface area contributed by atoms with Crippen LogP contribution in [-0.2, 0) is 4.79 Å². The molecule has 1 saturated carbocycles. The Morgan fingerprint density at radius 2 is 1.47 bits per heavy atom. The summed E-state index contributed by atoms with van der Waals surface area (Å²) in [5.41, 5.74) is 4.10. The highest BCUT2D eigenvalue weighted by molar-refractivity contribution is 5.95. The number of carbonyl (C=O) groups excluding carboxylic acids is 2. The maximum atomic E-state index is 13.0. The summed E-state index contributed by atoms with van der Waals surface area (Å²) < 4.78 is 0. The Kier molecular flexibility index (Phi) is 3.98. The molecule has 152 valence electrons. The van der Waals surface area contributed by atoms with Crippen molar-refractivity contribution < 1.29 is 9.59 Å². The van der Waals surface area contributed by atoms with E-state index >= 15 is 0 Å². The fourth-order valence-corrected chi connectivity index (χ4v) is 5.14. The van der Waals surface area contributed by atoms with Gasteiger partial charge in [0.05, 0.1) is 0 Å². The van der Waals surface area contributed by atoms with Crippen LogP contribution >= 0.6 is 0 Å². The van der Waals surface area contributed by atoms with Gasteiger partial charge in [-0.15, -0.1) is 0 Å². The van der Waals surface area contributed by atoms with Gasteiger partial charge in [-0.3, -0.25) is 9.59 Å². The Morgan fingerprint density at radius 1 is 0.800 bits per heavy atom. The Bertz CT molecular complexity index is 1110. The molecule has 2 atom stereocenters. The third kappa shape index (κ3) is 3.00. The number of hydrogen-bond donors (Lipinski definition) is 1. The molecule has 5 heteroatoms. The molecule has 3 aromatic rings. The summed E-state index contributed by atoms with van der Waals surface area (Å²) in [6.45, 7) is 3.18. The van der Waals surface area contributed by atoms with Crippen molar-refractivity contribution in [2.45, 2.75) is 12.8 Å². The van der Waals surface area contributed by atoms with E-state index in [-0.39, 0.29) is 11.8 Å². The topological polar surface area (TPSA) is 56.4 Å². The van der Waals surface area contributed by atoms with Gasteiger partial charge in [0.2, 0.25) is 5.91 Å². The predicted octanol–water partition coefficient (Wildman–Crippen LogP) is 3.78. The third-order valence-corrected chi connectivity index (χ3v) is 7.03. The van der Waals surface area contributed by atoms with Crippen molar-refractivity contribution in [1.29, 1.82) is 0 Å². The average Bonchev–Trinajstić information content (AvgIpc) is 3.18. The Morgan fingerprint density at radius 3 is 2.17 bits per heavy atom. The number of rotatable bonds is 3. The summed E-state index contributed by atoms with van der Waals surface area (Å²) in [7, 11) is 0. The predicted molar refractivity (Wildman–Crippen MR) is 116 cm³/mol. The number of hydrogen-bond acceptors (Lipinski definition) is 2. The zero-order valence-electron chi connectivity index (χ0n) is 16.9. The fourth-order valence-electron chi connectivity index (χ4n) is 5.14. The van der Waals surface area contributed by atoms with Crippen LogP contribution in [-0.4, -0.2) is 52.8 Å². The van der Waals surface area contributed by atoms with E-state index in [1.54, 1.807) is 0 Å². The first-order valence-electron chi connectivity index (χ1n) is 10.9. The van der Waals surface area contributed by atoms with E-state index in [1.165, 1.54) is 5.39 Å². The van der Waals surface area contributed by atoms with Gasteiger partial charge >= 0.3 is 0 Å². The van der Waals surface area contributed by atoms with Crippen LogP contribution in [0.1, 0.15) is 23.2 Å². The molecule has 1 aliphatic carbocycles. The van der Waals surface area contributed by atoms with Gasteiger partial charge in [-0.2, -0.15) is 0 Å². The molecule has 3 aliphatic rings. The highest BCUT2D eigenvalue weighted by Crippen LogP contribution is 2.37. The first-order chi connectivity index (χ1) is 14.7. The lowest BCUT2D eigenvalue weighted by molar-refractivity contribution is -0.131. The monoisotopic (exact) mass is 399 g/mol. The van der Waals surface area contributed by atoms with Crippen molar-refractivity contribution in [1.82, 2.24) is 14.8 Å². The van der Waals surface area contributed by atoms with Crippen molar-refractivity contribution in [2.24, 2.45) is 17.8 Å². The smallest absolute Gasteiger partial charge is 0.253 e. The van der Waals surface area contributed by atoms with Gasteiger partial charge in [-0.25, -0.2) is 0 Å². The second-order valence-corrected chi connectivity index (χ2v) is 9.10. The van der Waals surface area contributed by atoms with E-state index in [9.17, 15) is 9.59 Å². The van der Waals surface area contributed by atoms with Crippen LogP contribution in [0.5, 0.6) is 0 Å². The van der Waals surface area contributed by atoms with Crippen LogP contribution in [0.15, 0.2) is 54.7 Å². The first-order valence-corrected chi connectivity index (χ1v) is 10.9. The second-order valence-electron chi connectivity index (χ2n) is 9.10. The zero-order chi connectivity index (χ0) is 20.2. The Balaban J connectivity index is 1.13. The molecule has 2 saturated heterocycles. The number of fused-ring (bicyclic) bond motifs is 2. The summed E-state index contributed by atoms with van der Waals surface area (Å²) >= 11 is 0. The molecule has 2 amide bonds. The molecule has 3 fully saturated rings. The molecule has 3 heterocycles. The van der Waals surface area contributed by atoms with Crippen LogP contribution in [0, 0.1) is 17.8 Å². The summed E-state index contributed by atoms with van der Waals surface area (Å²) in [5, 5.41) is 1.20. The van der Waals surface area contributed by atoms with Crippen molar-refractivity contribution in [2.75, 3.05) is 26.2 Å². The number of H-pyrrole nitrogens is 1. The maximum Gasteiger partial charge on any atom is 0.253 e. The highest BCUT2D eigenvalue weighted by Gasteiger charge is 2.45. The lowest BCUT2D eigenvalue weighted by Crippen LogP contribution is -2.36. The number of amides is 2. The van der Waals surface area contributed by atoms with E-state index in [2.05, 4.69) is 29.2 Å². The van der Waals surface area contributed by atoms with Gasteiger partial charge in [0.1, 0.15) is 0 Å². The molecular weight excluding hydrogens is 374 g/mol. The van der Waals surface area contributed by atoms with Crippen molar-refractivity contribution in [3.63, 3.8) is 0 Å². The van der Waals surface area contributed by atoms with Crippen molar-refractivity contribution in [3.05, 3.63) is 60.3 Å². The largest absolute Gasteiger partial charge is 0.361 e. The van der Waals surface area contributed by atoms with Crippen molar-refractivity contribution >= 4 is 22.7 Å². The van der Waals surface area contributed by atoms with Gasteiger partial charge in [-0.05, 0) is 53.6 Å². The lowest BCUT2D eigenvalue weighted by Gasteiger charge is -2.22. The summed E-state index contributed by atoms with van der Waals surface area (Å²) in [6.07, 6.45) is 4.07. The van der Waals surface area contributed by atoms with E-state index < -0.39 is 0 Å². The molecule has 5 nitrogen and oxygen atoms in total. The van der Waals surface area contributed by atoms with E-state index in [0.29, 0.717) is 17.7 Å². The van der Waals surface area contributed by atoms with Crippen LogP contribution in [0.2, 0.25) is 0 Å². The van der Waals surface area contributed by atoms with Crippen molar-refractivity contribution in [3.8, 4) is 11.1 Å². The fraction of sp³-hybridized carbons (Fsp3) is 0.360. The third-order valence-electron chi connectivity index (χ3n) is 7.03. The molecule has 1 N–H and O–H groups in total. The molecule has 6 rings (SSSR count). The zero-order valence-corrected chi connectivity index (χ0v) is 16.9. The molecule has 0 bridgehead atoms. The SMILES string of the molecule is O=C(c1ccc(-c2ccc3cc[nH]c3c2)cc1)N1CC2CN(C(=O)C3CC3)CC2C1. The van der Waals surface area contributed by atoms with Crippen LogP contribution in [0.25, 0.3) is 22.0 Å². The van der Waals surface area contributed by atoms with Gasteiger partial charge < -0.3 is 14.8 Å². The minimum atomic E-state index is 0.107. The minimum Gasteiger partial charge on any atom is -0.361 e. The number of aromatic amines is 1. The number of carbonyl (C=O) groups is 2. The molecule has 2 aromatic carbocycles. The summed E-state index contributed by atoms with van der Waals surface area (Å²) in [4.78, 5) is 32.6. The highest BCUT2D eigenvalue weighted by atomic mass is 16.2. The number of benzene rings is 2. The van der Waals surface area contributed by atoms with Gasteiger partial charge in [0.25, 0.3) is 5.91 Å². The lowest BCUT2D eigenvalue weighted by atomic mass is 10.0. The van der Waals surface area contributed by atoms with Crippen LogP contribution in [0.3, 0.4) is 0 Å². The molecule has 0 radical (unpaired) electrons. The molecule has 0 spiro atoms. The number of likely N-dealkylation sites (tertiary alicyclic amines) is 2.